The van der Waals surface area contributed by atoms with Gasteiger partial charge in [0.05, 0.1) is 12.7 Å². The first-order valence-electron chi connectivity index (χ1n) is 8.09. The molecule has 0 radical (unpaired) electrons. The normalized spacial score (nSPS) is 38.1. The molecule has 4 nitrogen and oxygen atoms in total. The van der Waals surface area contributed by atoms with Crippen molar-refractivity contribution in [1.82, 2.24) is 15.1 Å². The molecule has 0 amide bonds. The molecule has 0 aromatic rings. The van der Waals surface area contributed by atoms with Crippen LogP contribution in [0.3, 0.4) is 0 Å². The second kappa shape index (κ2) is 6.53. The Morgan fingerprint density at radius 3 is 2.95 bits per heavy atom. The lowest BCUT2D eigenvalue weighted by molar-refractivity contribution is -0.0479. The molecular weight excluding hydrogens is 238 g/mol. The number of nitrogens with one attached hydrogen (secondary N) is 1. The van der Waals surface area contributed by atoms with Gasteiger partial charge in [0, 0.05) is 25.2 Å². The molecule has 0 aliphatic carbocycles. The van der Waals surface area contributed by atoms with E-state index in [9.17, 15) is 0 Å². The molecule has 3 unspecified atom stereocenters. The number of hydrogen-bond donors (Lipinski definition) is 1. The van der Waals surface area contributed by atoms with Gasteiger partial charge in [-0.25, -0.2) is 0 Å². The van der Waals surface area contributed by atoms with Gasteiger partial charge in [-0.2, -0.15) is 0 Å². The van der Waals surface area contributed by atoms with Gasteiger partial charge >= 0.3 is 0 Å². The lowest BCUT2D eigenvalue weighted by Crippen LogP contribution is -2.50. The summed E-state index contributed by atoms with van der Waals surface area (Å²) in [6.45, 7) is 6.92. The minimum absolute atomic E-state index is 0.412. The number of fused-ring (bicyclic) bond motifs is 1. The van der Waals surface area contributed by atoms with Crippen molar-refractivity contribution in [2.75, 3.05) is 46.4 Å². The lowest BCUT2D eigenvalue weighted by atomic mass is 10.1. The number of morpholine rings is 1. The van der Waals surface area contributed by atoms with Gasteiger partial charge in [-0.15, -0.1) is 0 Å². The van der Waals surface area contributed by atoms with Gasteiger partial charge in [0.1, 0.15) is 0 Å². The SMILES string of the molecule is CN1CCCC(NCC2CN3CCCC3CO2)CC1. The van der Waals surface area contributed by atoms with Crippen LogP contribution in [-0.2, 0) is 4.74 Å². The third-order valence-electron chi connectivity index (χ3n) is 5.05. The van der Waals surface area contributed by atoms with E-state index in [-0.39, 0.29) is 0 Å². The number of likely N-dealkylation sites (tertiary alicyclic amines) is 1. The zero-order valence-corrected chi connectivity index (χ0v) is 12.3. The molecule has 3 saturated heterocycles. The molecule has 3 atom stereocenters. The summed E-state index contributed by atoms with van der Waals surface area (Å²) < 4.78 is 6.02. The molecule has 19 heavy (non-hydrogen) atoms. The zero-order valence-electron chi connectivity index (χ0n) is 12.3. The molecule has 1 N–H and O–H groups in total. The van der Waals surface area contributed by atoms with E-state index in [1.807, 2.05) is 0 Å². The Kier molecular flexibility index (Phi) is 4.74. The average Bonchev–Trinajstić information content (AvgIpc) is 2.79. The van der Waals surface area contributed by atoms with Crippen LogP contribution < -0.4 is 5.32 Å². The topological polar surface area (TPSA) is 27.7 Å². The summed E-state index contributed by atoms with van der Waals surface area (Å²) in [6, 6.07) is 1.42. The fourth-order valence-corrected chi connectivity index (χ4v) is 3.75. The van der Waals surface area contributed by atoms with Gasteiger partial charge in [0.15, 0.2) is 0 Å². The van der Waals surface area contributed by atoms with Crippen molar-refractivity contribution in [1.29, 1.82) is 0 Å². The number of ether oxygens (including phenoxy) is 1. The Labute approximate surface area is 117 Å². The lowest BCUT2D eigenvalue weighted by Gasteiger charge is -2.36. The van der Waals surface area contributed by atoms with Crippen LogP contribution in [-0.4, -0.2) is 74.4 Å². The van der Waals surface area contributed by atoms with E-state index in [0.29, 0.717) is 12.1 Å². The molecule has 0 bridgehead atoms. The third-order valence-corrected chi connectivity index (χ3v) is 5.05. The van der Waals surface area contributed by atoms with Crippen LogP contribution in [0.2, 0.25) is 0 Å². The Morgan fingerprint density at radius 1 is 1.11 bits per heavy atom. The summed E-state index contributed by atoms with van der Waals surface area (Å²) in [7, 11) is 2.24. The Bertz CT molecular complexity index is 287. The van der Waals surface area contributed by atoms with E-state index in [2.05, 4.69) is 22.2 Å². The predicted octanol–water partition coefficient (Wildman–Crippen LogP) is 0.923. The smallest absolute Gasteiger partial charge is 0.0827 e. The van der Waals surface area contributed by atoms with Gasteiger partial charge in [-0.1, -0.05) is 0 Å². The highest BCUT2D eigenvalue weighted by atomic mass is 16.5. The predicted molar refractivity (Wildman–Crippen MR) is 77.5 cm³/mol. The summed E-state index contributed by atoms with van der Waals surface area (Å²) in [5.74, 6) is 0. The minimum Gasteiger partial charge on any atom is -0.374 e. The first-order valence-corrected chi connectivity index (χ1v) is 8.09. The first kappa shape index (κ1) is 13.8. The first-order chi connectivity index (χ1) is 9.31. The van der Waals surface area contributed by atoms with Crippen molar-refractivity contribution in [2.24, 2.45) is 0 Å². The maximum Gasteiger partial charge on any atom is 0.0827 e. The summed E-state index contributed by atoms with van der Waals surface area (Å²) >= 11 is 0. The molecule has 3 heterocycles. The quantitative estimate of drug-likeness (QED) is 0.823. The summed E-state index contributed by atoms with van der Waals surface area (Å²) in [6.07, 6.45) is 7.06. The molecule has 3 rings (SSSR count). The fourth-order valence-electron chi connectivity index (χ4n) is 3.75. The Hall–Kier alpha value is -0.160. The Morgan fingerprint density at radius 2 is 2.00 bits per heavy atom. The molecule has 3 fully saturated rings. The zero-order chi connectivity index (χ0) is 13.1. The number of nitrogens with zero attached hydrogens (tertiary/aromatic N) is 2. The second-order valence-electron chi connectivity index (χ2n) is 6.59. The van der Waals surface area contributed by atoms with E-state index < -0.39 is 0 Å². The highest BCUT2D eigenvalue weighted by Gasteiger charge is 2.32. The van der Waals surface area contributed by atoms with E-state index in [1.165, 1.54) is 51.7 Å². The number of rotatable bonds is 3. The number of hydrogen-bond acceptors (Lipinski definition) is 4. The van der Waals surface area contributed by atoms with Crippen LogP contribution in [0.15, 0.2) is 0 Å². The monoisotopic (exact) mass is 267 g/mol. The van der Waals surface area contributed by atoms with Crippen molar-refractivity contribution in [3.63, 3.8) is 0 Å². The molecule has 110 valence electrons. The summed E-state index contributed by atoms with van der Waals surface area (Å²) in [4.78, 5) is 5.09. The van der Waals surface area contributed by atoms with Crippen LogP contribution in [0, 0.1) is 0 Å². The van der Waals surface area contributed by atoms with Gasteiger partial charge in [-0.3, -0.25) is 4.90 Å². The maximum absolute atomic E-state index is 6.02. The van der Waals surface area contributed by atoms with Gasteiger partial charge in [0.25, 0.3) is 0 Å². The molecule has 0 aromatic carbocycles. The van der Waals surface area contributed by atoms with E-state index in [4.69, 9.17) is 4.74 Å². The molecule has 0 saturated carbocycles. The molecule has 3 aliphatic rings. The minimum atomic E-state index is 0.412. The van der Waals surface area contributed by atoms with E-state index >= 15 is 0 Å². The third kappa shape index (κ3) is 3.69. The summed E-state index contributed by atoms with van der Waals surface area (Å²) in [5.41, 5.74) is 0. The van der Waals surface area contributed by atoms with Crippen LogP contribution >= 0.6 is 0 Å². The van der Waals surface area contributed by atoms with E-state index in [1.54, 1.807) is 0 Å². The van der Waals surface area contributed by atoms with Crippen molar-refractivity contribution in [3.05, 3.63) is 0 Å². The van der Waals surface area contributed by atoms with Gasteiger partial charge in [-0.05, 0) is 58.8 Å². The molecule has 0 spiro atoms. The average molecular weight is 267 g/mol. The highest BCUT2D eigenvalue weighted by molar-refractivity contribution is 4.86. The Balaban J connectivity index is 1.39. The summed E-state index contributed by atoms with van der Waals surface area (Å²) in [5, 5.41) is 3.75. The standard InChI is InChI=1S/C15H29N3O/c1-17-7-2-4-13(6-9-17)16-10-15-11-18-8-3-5-14(18)12-19-15/h13-16H,2-12H2,1H3. The highest BCUT2D eigenvalue weighted by Crippen LogP contribution is 2.22. The van der Waals surface area contributed by atoms with Crippen molar-refractivity contribution in [3.8, 4) is 0 Å². The second-order valence-corrected chi connectivity index (χ2v) is 6.59. The van der Waals surface area contributed by atoms with Gasteiger partial charge in [0.2, 0.25) is 0 Å². The fraction of sp³-hybridized carbons (Fsp3) is 1.00. The van der Waals surface area contributed by atoms with Crippen LogP contribution in [0.4, 0.5) is 0 Å². The molecule has 3 aliphatic heterocycles. The van der Waals surface area contributed by atoms with Crippen molar-refractivity contribution >= 4 is 0 Å². The van der Waals surface area contributed by atoms with Crippen LogP contribution in [0.5, 0.6) is 0 Å². The largest absolute Gasteiger partial charge is 0.374 e. The van der Waals surface area contributed by atoms with Crippen LogP contribution in [0.1, 0.15) is 32.1 Å². The maximum atomic E-state index is 6.02. The van der Waals surface area contributed by atoms with Crippen LogP contribution in [0.25, 0.3) is 0 Å². The van der Waals surface area contributed by atoms with Gasteiger partial charge < -0.3 is 15.0 Å². The molecular formula is C15H29N3O. The molecule has 4 heteroatoms. The van der Waals surface area contributed by atoms with Crippen molar-refractivity contribution < 1.29 is 4.74 Å². The molecule has 0 aromatic heterocycles. The van der Waals surface area contributed by atoms with Crippen molar-refractivity contribution in [2.45, 2.75) is 50.3 Å². The van der Waals surface area contributed by atoms with E-state index in [0.717, 1.165) is 25.7 Å².